The lowest BCUT2D eigenvalue weighted by atomic mass is 10.1. The first-order chi connectivity index (χ1) is 5.11. The van der Waals surface area contributed by atoms with Gasteiger partial charge >= 0.3 is 0 Å². The van der Waals surface area contributed by atoms with Crippen LogP contribution < -0.4 is 0 Å². The van der Waals surface area contributed by atoms with Crippen molar-refractivity contribution in [1.82, 2.24) is 0 Å². The summed E-state index contributed by atoms with van der Waals surface area (Å²) < 4.78 is 0. The number of carbonyl (C=O) groups excluding carboxylic acids is 1. The third-order valence-corrected chi connectivity index (χ3v) is 1.27. The summed E-state index contributed by atoms with van der Waals surface area (Å²) >= 11 is 0. The molecule has 0 aromatic heterocycles. The van der Waals surface area contributed by atoms with Gasteiger partial charge in [-0.05, 0) is 0 Å². The maximum Gasteiger partial charge on any atom is 0.148 e. The van der Waals surface area contributed by atoms with E-state index < -0.39 is 24.9 Å². The summed E-state index contributed by atoms with van der Waals surface area (Å²) in [4.78, 5) is 9.85. The van der Waals surface area contributed by atoms with Gasteiger partial charge in [0.05, 0.1) is 12.7 Å². The van der Waals surface area contributed by atoms with Crippen molar-refractivity contribution in [2.45, 2.75) is 24.7 Å². The van der Waals surface area contributed by atoms with E-state index in [1.54, 1.807) is 0 Å². The number of aldehydes is 1. The summed E-state index contributed by atoms with van der Waals surface area (Å²) in [7, 11) is 0. The molecule has 0 spiro atoms. The molecule has 0 unspecified atom stereocenters. The van der Waals surface area contributed by atoms with Gasteiger partial charge in [0.25, 0.3) is 0 Å². The van der Waals surface area contributed by atoms with Crippen LogP contribution in [-0.4, -0.2) is 51.6 Å². The molecule has 0 aromatic rings. The molecule has 4 N–H and O–H groups in total. The van der Waals surface area contributed by atoms with Gasteiger partial charge in [0, 0.05) is 6.42 Å². The summed E-state index contributed by atoms with van der Waals surface area (Å²) in [5, 5.41) is 34.6. The second-order valence-corrected chi connectivity index (χ2v) is 2.26. The average Bonchev–Trinajstić information content (AvgIpc) is 2.02. The van der Waals surface area contributed by atoms with E-state index >= 15 is 0 Å². The number of aliphatic hydroxyl groups excluding tert-OH is 4. The smallest absolute Gasteiger partial charge is 0.148 e. The SMILES string of the molecule is O=C[C@@H](O)C[C@@H](O)[C@H](O)CO. The first-order valence-electron chi connectivity index (χ1n) is 3.22. The van der Waals surface area contributed by atoms with Crippen molar-refractivity contribution < 1.29 is 25.2 Å². The molecule has 0 aliphatic carbocycles. The topological polar surface area (TPSA) is 98.0 Å². The zero-order chi connectivity index (χ0) is 8.85. The second-order valence-electron chi connectivity index (χ2n) is 2.26. The molecule has 0 amide bonds. The van der Waals surface area contributed by atoms with E-state index in [0.29, 0.717) is 0 Å². The Bertz CT molecular complexity index is 116. The molecule has 0 fully saturated rings. The van der Waals surface area contributed by atoms with Gasteiger partial charge in [-0.3, -0.25) is 0 Å². The van der Waals surface area contributed by atoms with Crippen LogP contribution in [0.3, 0.4) is 0 Å². The first kappa shape index (κ1) is 10.5. The highest BCUT2D eigenvalue weighted by molar-refractivity contribution is 5.55. The van der Waals surface area contributed by atoms with Crippen molar-refractivity contribution in [2.75, 3.05) is 6.61 Å². The van der Waals surface area contributed by atoms with Gasteiger partial charge in [-0.1, -0.05) is 0 Å². The molecule has 66 valence electrons. The van der Waals surface area contributed by atoms with Gasteiger partial charge in [0.2, 0.25) is 0 Å². The molecular weight excluding hydrogens is 152 g/mol. The maximum absolute atomic E-state index is 9.85. The zero-order valence-corrected chi connectivity index (χ0v) is 5.92. The van der Waals surface area contributed by atoms with Crippen LogP contribution in [0.4, 0.5) is 0 Å². The van der Waals surface area contributed by atoms with E-state index in [2.05, 4.69) is 0 Å². The fourth-order valence-corrected chi connectivity index (χ4v) is 0.582. The number of hydrogen-bond donors (Lipinski definition) is 4. The normalized spacial score (nSPS) is 18.9. The monoisotopic (exact) mass is 164 g/mol. The Balaban J connectivity index is 3.66. The van der Waals surface area contributed by atoms with Crippen LogP contribution in [0.2, 0.25) is 0 Å². The first-order valence-corrected chi connectivity index (χ1v) is 3.22. The summed E-state index contributed by atoms with van der Waals surface area (Å²) in [5.41, 5.74) is 0. The van der Waals surface area contributed by atoms with Crippen LogP contribution in [-0.2, 0) is 4.79 Å². The third kappa shape index (κ3) is 4.05. The van der Waals surface area contributed by atoms with Crippen LogP contribution in [0.25, 0.3) is 0 Å². The van der Waals surface area contributed by atoms with E-state index in [1.165, 1.54) is 0 Å². The van der Waals surface area contributed by atoms with Crippen LogP contribution >= 0.6 is 0 Å². The number of hydrogen-bond acceptors (Lipinski definition) is 5. The summed E-state index contributed by atoms with van der Waals surface area (Å²) in [5.74, 6) is 0. The average molecular weight is 164 g/mol. The molecule has 0 rings (SSSR count). The second kappa shape index (κ2) is 5.20. The van der Waals surface area contributed by atoms with Crippen molar-refractivity contribution >= 4 is 6.29 Å². The molecule has 0 saturated carbocycles. The molecule has 11 heavy (non-hydrogen) atoms. The molecule has 0 aromatic carbocycles. The molecule has 5 heteroatoms. The third-order valence-electron chi connectivity index (χ3n) is 1.27. The fraction of sp³-hybridized carbons (Fsp3) is 0.833. The van der Waals surface area contributed by atoms with Gasteiger partial charge < -0.3 is 25.2 Å². The van der Waals surface area contributed by atoms with Gasteiger partial charge in [-0.2, -0.15) is 0 Å². The fourth-order valence-electron chi connectivity index (χ4n) is 0.582. The molecule has 3 atom stereocenters. The summed E-state index contributed by atoms with van der Waals surface area (Å²) in [6.45, 7) is -0.591. The highest BCUT2D eigenvalue weighted by atomic mass is 16.4. The molecule has 0 heterocycles. The number of rotatable bonds is 5. The maximum atomic E-state index is 9.85. The highest BCUT2D eigenvalue weighted by Crippen LogP contribution is 2.00. The van der Waals surface area contributed by atoms with E-state index in [4.69, 9.17) is 20.4 Å². The van der Waals surface area contributed by atoms with Gasteiger partial charge in [0.1, 0.15) is 18.5 Å². The zero-order valence-electron chi connectivity index (χ0n) is 5.92. The lowest BCUT2D eigenvalue weighted by molar-refractivity contribution is -0.117. The van der Waals surface area contributed by atoms with Gasteiger partial charge in [-0.15, -0.1) is 0 Å². The molecule has 0 bridgehead atoms. The van der Waals surface area contributed by atoms with Crippen molar-refractivity contribution in [3.63, 3.8) is 0 Å². The van der Waals surface area contributed by atoms with Crippen molar-refractivity contribution in [3.8, 4) is 0 Å². The molecule has 0 radical (unpaired) electrons. The van der Waals surface area contributed by atoms with Gasteiger partial charge in [-0.25, -0.2) is 0 Å². The molecule has 0 aliphatic rings. The van der Waals surface area contributed by atoms with Crippen molar-refractivity contribution in [1.29, 1.82) is 0 Å². The minimum absolute atomic E-state index is 0.257. The summed E-state index contributed by atoms with van der Waals surface area (Å²) in [6.07, 6.45) is -3.85. The van der Waals surface area contributed by atoms with E-state index in [9.17, 15) is 4.79 Å². The van der Waals surface area contributed by atoms with Crippen molar-refractivity contribution in [2.24, 2.45) is 0 Å². The van der Waals surface area contributed by atoms with Crippen LogP contribution in [0.5, 0.6) is 0 Å². The minimum atomic E-state index is -1.30. The Morgan fingerprint density at radius 1 is 1.18 bits per heavy atom. The van der Waals surface area contributed by atoms with Crippen LogP contribution in [0, 0.1) is 0 Å². The van der Waals surface area contributed by atoms with Crippen LogP contribution in [0.1, 0.15) is 6.42 Å². The molecule has 0 saturated heterocycles. The summed E-state index contributed by atoms with van der Waals surface area (Å²) in [6, 6.07) is 0. The lowest BCUT2D eigenvalue weighted by Gasteiger charge is -2.15. The van der Waals surface area contributed by atoms with E-state index in [1.807, 2.05) is 0 Å². The lowest BCUT2D eigenvalue weighted by Crippen LogP contribution is -2.33. The van der Waals surface area contributed by atoms with E-state index in [-0.39, 0.29) is 12.7 Å². The Hall–Kier alpha value is -0.490. The number of aliphatic hydroxyl groups is 4. The Morgan fingerprint density at radius 2 is 1.73 bits per heavy atom. The standard InChI is InChI=1S/C6H12O5/c7-2-4(9)1-5(10)6(11)3-8/h2,4-6,8-11H,1,3H2/t4-,5+,6+/m0/s1. The quantitative estimate of drug-likeness (QED) is 0.341. The molecule has 5 nitrogen and oxygen atoms in total. The largest absolute Gasteiger partial charge is 0.394 e. The Kier molecular flexibility index (Phi) is 4.97. The Labute approximate surface area is 63.9 Å². The predicted molar refractivity (Wildman–Crippen MR) is 35.8 cm³/mol. The predicted octanol–water partition coefficient (Wildman–Crippen LogP) is -2.35. The molecular formula is C6H12O5. The van der Waals surface area contributed by atoms with Crippen molar-refractivity contribution in [3.05, 3.63) is 0 Å². The number of carbonyl (C=O) groups is 1. The Morgan fingerprint density at radius 3 is 2.09 bits per heavy atom. The molecule has 0 aliphatic heterocycles. The minimum Gasteiger partial charge on any atom is -0.394 e. The highest BCUT2D eigenvalue weighted by Gasteiger charge is 2.18. The van der Waals surface area contributed by atoms with Crippen LogP contribution in [0.15, 0.2) is 0 Å². The van der Waals surface area contributed by atoms with E-state index in [0.717, 1.165) is 0 Å². The van der Waals surface area contributed by atoms with Gasteiger partial charge in [0.15, 0.2) is 0 Å².